The minimum absolute atomic E-state index is 0.0122. The van der Waals surface area contributed by atoms with Crippen LogP contribution in [0.3, 0.4) is 0 Å². The third kappa shape index (κ3) is 2.95. The van der Waals surface area contributed by atoms with Gasteiger partial charge in [-0.1, -0.05) is 23.4 Å². The van der Waals surface area contributed by atoms with Crippen molar-refractivity contribution in [2.75, 3.05) is 5.75 Å². The van der Waals surface area contributed by atoms with Gasteiger partial charge >= 0.3 is 0 Å². The van der Waals surface area contributed by atoms with E-state index in [1.54, 1.807) is 7.05 Å². The number of Topliss-reactive ketones (excluding diaryl/α,β-unsaturated/α-hetero) is 1. The highest BCUT2D eigenvalue weighted by Crippen LogP contribution is 2.20. The van der Waals surface area contributed by atoms with Gasteiger partial charge in [-0.05, 0) is 28.1 Å². The second-order valence-corrected chi connectivity index (χ2v) is 5.18. The Labute approximate surface area is 112 Å². The molecule has 1 aromatic carbocycles. The summed E-state index contributed by atoms with van der Waals surface area (Å²) in [6, 6.07) is 9.82. The smallest absolute Gasteiger partial charge is 0.193 e. The van der Waals surface area contributed by atoms with Gasteiger partial charge in [-0.15, -0.1) is 16.9 Å². The first-order chi connectivity index (χ1) is 8.18. The lowest BCUT2D eigenvalue weighted by atomic mass is 10.3. The number of thioether (sulfide) groups is 1. The van der Waals surface area contributed by atoms with Crippen molar-refractivity contribution < 1.29 is 4.79 Å². The van der Waals surface area contributed by atoms with Crippen molar-refractivity contribution in [1.82, 2.24) is 15.0 Å². The molecule has 1 heterocycles. The highest BCUT2D eigenvalue weighted by molar-refractivity contribution is 9.10. The van der Waals surface area contributed by atoms with Gasteiger partial charge in [-0.3, -0.25) is 4.79 Å². The normalized spacial score (nSPS) is 10.5. The Morgan fingerprint density at radius 2 is 2.12 bits per heavy atom. The van der Waals surface area contributed by atoms with E-state index in [0.717, 1.165) is 4.90 Å². The van der Waals surface area contributed by atoms with E-state index in [4.69, 9.17) is 0 Å². The Morgan fingerprint density at radius 3 is 2.71 bits per heavy atom. The number of carbonyl (C=O) groups is 1. The summed E-state index contributed by atoms with van der Waals surface area (Å²) in [6.07, 6.45) is 0. The van der Waals surface area contributed by atoms with E-state index in [1.165, 1.54) is 16.4 Å². The fourth-order valence-corrected chi connectivity index (χ4v) is 2.69. The number of ketones is 1. The minimum atomic E-state index is 0.0122. The van der Waals surface area contributed by atoms with Crippen molar-refractivity contribution in [3.63, 3.8) is 0 Å². The van der Waals surface area contributed by atoms with Crippen molar-refractivity contribution in [3.8, 4) is 0 Å². The Kier molecular flexibility index (Phi) is 3.96. The molecule has 0 aliphatic rings. The van der Waals surface area contributed by atoms with Crippen LogP contribution in [0.1, 0.15) is 10.5 Å². The summed E-state index contributed by atoms with van der Waals surface area (Å²) in [6.45, 7) is 0. The van der Waals surface area contributed by atoms with Gasteiger partial charge in [-0.25, -0.2) is 4.68 Å². The summed E-state index contributed by atoms with van der Waals surface area (Å²) < 4.78 is 1.98. The molecule has 0 N–H and O–H groups in total. The third-order valence-corrected chi connectivity index (χ3v) is 3.71. The van der Waals surface area contributed by atoms with Gasteiger partial charge in [-0.2, -0.15) is 0 Å². The maximum absolute atomic E-state index is 12.0. The van der Waals surface area contributed by atoms with Crippen molar-refractivity contribution in [2.24, 2.45) is 7.05 Å². The van der Waals surface area contributed by atoms with Crippen LogP contribution in [0, 0.1) is 0 Å². The molecule has 0 radical (unpaired) electrons. The van der Waals surface area contributed by atoms with E-state index in [0.29, 0.717) is 16.0 Å². The highest BCUT2D eigenvalue weighted by atomic mass is 79.9. The second kappa shape index (κ2) is 5.46. The number of hydrogen-bond donors (Lipinski definition) is 0. The molecule has 0 spiro atoms. The molecule has 0 unspecified atom stereocenters. The van der Waals surface area contributed by atoms with Gasteiger partial charge < -0.3 is 0 Å². The number of carbonyl (C=O) groups excluding carboxylic acids is 1. The molecule has 0 saturated carbocycles. The van der Waals surface area contributed by atoms with Gasteiger partial charge in [0.25, 0.3) is 0 Å². The zero-order valence-corrected chi connectivity index (χ0v) is 11.5. The molecular weight excluding hydrogens is 302 g/mol. The minimum Gasteiger partial charge on any atom is -0.291 e. The lowest BCUT2D eigenvalue weighted by molar-refractivity contribution is 0.101. The largest absolute Gasteiger partial charge is 0.291 e. The van der Waals surface area contributed by atoms with Crippen molar-refractivity contribution in [2.45, 2.75) is 4.90 Å². The van der Waals surface area contributed by atoms with Crippen molar-refractivity contribution >= 4 is 33.5 Å². The van der Waals surface area contributed by atoms with Crippen molar-refractivity contribution in [3.05, 3.63) is 40.6 Å². The van der Waals surface area contributed by atoms with E-state index in [1.807, 2.05) is 30.3 Å². The number of benzene rings is 1. The van der Waals surface area contributed by atoms with Crippen LogP contribution in [0.2, 0.25) is 0 Å². The molecule has 0 fully saturated rings. The standard InChI is InChI=1S/C11H10BrN3OS/c1-15-10(11(12)13-14-15)9(16)7-17-8-5-3-2-4-6-8/h2-6H,7H2,1H3. The average Bonchev–Trinajstić information content (AvgIpc) is 2.67. The SMILES string of the molecule is Cn1nnc(Br)c1C(=O)CSc1ccccc1. The zero-order valence-electron chi connectivity index (χ0n) is 9.13. The summed E-state index contributed by atoms with van der Waals surface area (Å²) >= 11 is 4.72. The summed E-state index contributed by atoms with van der Waals surface area (Å²) in [5.41, 5.74) is 0.508. The third-order valence-electron chi connectivity index (χ3n) is 2.16. The molecule has 0 bridgehead atoms. The lowest BCUT2D eigenvalue weighted by Gasteiger charge is -2.01. The number of nitrogens with zero attached hydrogens (tertiary/aromatic N) is 3. The molecule has 0 atom stereocenters. The Bertz CT molecular complexity index is 507. The first-order valence-corrected chi connectivity index (χ1v) is 6.72. The summed E-state index contributed by atoms with van der Waals surface area (Å²) in [7, 11) is 1.71. The second-order valence-electron chi connectivity index (χ2n) is 3.38. The molecule has 17 heavy (non-hydrogen) atoms. The molecule has 2 aromatic rings. The monoisotopic (exact) mass is 311 g/mol. The number of hydrogen-bond acceptors (Lipinski definition) is 4. The molecule has 1 aromatic heterocycles. The van der Waals surface area contributed by atoms with E-state index in [-0.39, 0.29) is 5.78 Å². The van der Waals surface area contributed by atoms with Gasteiger partial charge in [0.1, 0.15) is 5.69 Å². The number of halogens is 1. The van der Waals surface area contributed by atoms with E-state index >= 15 is 0 Å². The molecule has 0 saturated heterocycles. The van der Waals surface area contributed by atoms with Crippen LogP contribution in [0.5, 0.6) is 0 Å². The predicted molar refractivity (Wildman–Crippen MR) is 70.2 cm³/mol. The maximum Gasteiger partial charge on any atom is 0.193 e. The first kappa shape index (κ1) is 12.3. The fourth-order valence-electron chi connectivity index (χ4n) is 1.36. The number of aryl methyl sites for hydroxylation is 1. The van der Waals surface area contributed by atoms with E-state index < -0.39 is 0 Å². The molecule has 4 nitrogen and oxygen atoms in total. The Morgan fingerprint density at radius 1 is 1.41 bits per heavy atom. The number of aromatic nitrogens is 3. The molecule has 88 valence electrons. The maximum atomic E-state index is 12.0. The zero-order chi connectivity index (χ0) is 12.3. The van der Waals surface area contributed by atoms with Crippen LogP contribution in [0.15, 0.2) is 39.8 Å². The van der Waals surface area contributed by atoms with E-state index in [9.17, 15) is 4.79 Å². The molecule has 2 rings (SSSR count). The first-order valence-electron chi connectivity index (χ1n) is 4.94. The number of rotatable bonds is 4. The quantitative estimate of drug-likeness (QED) is 0.643. The van der Waals surface area contributed by atoms with Crippen molar-refractivity contribution in [1.29, 1.82) is 0 Å². The Hall–Kier alpha value is -1.14. The van der Waals surface area contributed by atoms with Crippen LogP contribution in [-0.2, 0) is 7.05 Å². The lowest BCUT2D eigenvalue weighted by Crippen LogP contribution is -2.09. The van der Waals surface area contributed by atoms with Gasteiger partial charge in [0.15, 0.2) is 10.4 Å². The summed E-state index contributed by atoms with van der Waals surface area (Å²) in [5.74, 6) is 0.391. The molecule has 0 amide bonds. The topological polar surface area (TPSA) is 47.8 Å². The van der Waals surface area contributed by atoms with Gasteiger partial charge in [0.2, 0.25) is 0 Å². The van der Waals surface area contributed by atoms with Gasteiger partial charge in [0.05, 0.1) is 5.75 Å². The predicted octanol–water partition coefficient (Wildman–Crippen LogP) is 2.55. The summed E-state index contributed by atoms with van der Waals surface area (Å²) in [4.78, 5) is 13.0. The van der Waals surface area contributed by atoms with E-state index in [2.05, 4.69) is 26.2 Å². The Balaban J connectivity index is 2.04. The molecule has 0 aliphatic heterocycles. The molecule has 0 aliphatic carbocycles. The fraction of sp³-hybridized carbons (Fsp3) is 0.182. The van der Waals surface area contributed by atoms with Crippen LogP contribution in [-0.4, -0.2) is 26.5 Å². The summed E-state index contributed by atoms with van der Waals surface area (Å²) in [5, 5.41) is 7.57. The van der Waals surface area contributed by atoms with Crippen LogP contribution >= 0.6 is 27.7 Å². The molecular formula is C11H10BrN3OS. The van der Waals surface area contributed by atoms with Crippen LogP contribution in [0.25, 0.3) is 0 Å². The van der Waals surface area contributed by atoms with Gasteiger partial charge in [0, 0.05) is 11.9 Å². The molecule has 6 heteroatoms. The highest BCUT2D eigenvalue weighted by Gasteiger charge is 2.16. The van der Waals surface area contributed by atoms with Crippen LogP contribution < -0.4 is 0 Å². The average molecular weight is 312 g/mol. The van der Waals surface area contributed by atoms with Crippen LogP contribution in [0.4, 0.5) is 0 Å².